The predicted molar refractivity (Wildman–Crippen MR) is 76.3 cm³/mol. The minimum Gasteiger partial charge on any atom is -0.486 e. The molecular weight excluding hydrogens is 296 g/mol. The summed E-state index contributed by atoms with van der Waals surface area (Å²) in [7, 11) is 1.67. The van der Waals surface area contributed by atoms with Gasteiger partial charge < -0.3 is 14.6 Å². The summed E-state index contributed by atoms with van der Waals surface area (Å²) < 4.78 is 12.7. The Kier molecular flexibility index (Phi) is 3.25. The van der Waals surface area contributed by atoms with Crippen LogP contribution in [0.1, 0.15) is 16.1 Å². The van der Waals surface area contributed by atoms with Crippen molar-refractivity contribution in [3.05, 3.63) is 28.4 Å². The van der Waals surface area contributed by atoms with Gasteiger partial charge in [-0.15, -0.1) is 0 Å². The van der Waals surface area contributed by atoms with Crippen molar-refractivity contribution < 1.29 is 19.4 Å². The highest BCUT2D eigenvalue weighted by atomic mass is 35.5. The van der Waals surface area contributed by atoms with E-state index in [2.05, 4.69) is 5.10 Å². The summed E-state index contributed by atoms with van der Waals surface area (Å²) >= 11 is 6.34. The Morgan fingerprint density at radius 2 is 2.10 bits per heavy atom. The van der Waals surface area contributed by atoms with Gasteiger partial charge in [0, 0.05) is 24.2 Å². The molecule has 6 nitrogen and oxygen atoms in total. The Balaban J connectivity index is 2.21. The van der Waals surface area contributed by atoms with Crippen molar-refractivity contribution >= 4 is 17.6 Å². The summed E-state index contributed by atoms with van der Waals surface area (Å²) in [6.07, 6.45) is 0. The number of hydrogen-bond donors (Lipinski definition) is 1. The summed E-state index contributed by atoms with van der Waals surface area (Å²) in [5.74, 6) is 0.162. The number of carboxylic acids is 1. The van der Waals surface area contributed by atoms with E-state index in [0.717, 1.165) is 5.56 Å². The van der Waals surface area contributed by atoms with Gasteiger partial charge in [-0.2, -0.15) is 5.10 Å². The lowest BCUT2D eigenvalue weighted by molar-refractivity contribution is 0.0689. The Hall–Kier alpha value is -2.21. The van der Waals surface area contributed by atoms with Crippen LogP contribution in [0.5, 0.6) is 11.5 Å². The minimum atomic E-state index is -1.08. The number of carboxylic acid groups (broad SMARTS) is 1. The molecule has 0 radical (unpaired) electrons. The number of benzene rings is 1. The topological polar surface area (TPSA) is 73.6 Å². The van der Waals surface area contributed by atoms with Crippen LogP contribution in [0.15, 0.2) is 12.1 Å². The molecule has 1 aliphatic rings. The van der Waals surface area contributed by atoms with Crippen LogP contribution in [0.3, 0.4) is 0 Å². The molecule has 7 heteroatoms. The molecule has 0 aliphatic carbocycles. The third-order valence-electron chi connectivity index (χ3n) is 3.38. The maximum absolute atomic E-state index is 11.0. The van der Waals surface area contributed by atoms with E-state index in [4.69, 9.17) is 26.2 Å². The fourth-order valence-electron chi connectivity index (χ4n) is 2.43. The zero-order valence-electron chi connectivity index (χ0n) is 11.5. The van der Waals surface area contributed by atoms with E-state index in [0.29, 0.717) is 41.0 Å². The highest BCUT2D eigenvalue weighted by Gasteiger charge is 2.23. The van der Waals surface area contributed by atoms with Gasteiger partial charge in [-0.1, -0.05) is 11.6 Å². The summed E-state index contributed by atoms with van der Waals surface area (Å²) in [5.41, 5.74) is 2.09. The molecule has 1 aromatic carbocycles. The Labute approximate surface area is 125 Å². The quantitative estimate of drug-likeness (QED) is 0.923. The number of halogens is 1. The minimum absolute atomic E-state index is 0.0298. The fraction of sp³-hybridized carbons (Fsp3) is 0.286. The van der Waals surface area contributed by atoms with Gasteiger partial charge in [0.25, 0.3) is 0 Å². The largest absolute Gasteiger partial charge is 0.486 e. The van der Waals surface area contributed by atoms with E-state index >= 15 is 0 Å². The van der Waals surface area contributed by atoms with Crippen molar-refractivity contribution in [2.24, 2.45) is 7.05 Å². The summed E-state index contributed by atoms with van der Waals surface area (Å²) in [6, 6.07) is 3.18. The van der Waals surface area contributed by atoms with E-state index in [9.17, 15) is 4.79 Å². The molecule has 3 rings (SSSR count). The van der Waals surface area contributed by atoms with Gasteiger partial charge in [-0.25, -0.2) is 4.79 Å². The van der Waals surface area contributed by atoms with Crippen molar-refractivity contribution in [1.82, 2.24) is 9.78 Å². The van der Waals surface area contributed by atoms with Crippen LogP contribution in [0.2, 0.25) is 5.02 Å². The van der Waals surface area contributed by atoms with Crippen LogP contribution in [0.25, 0.3) is 11.3 Å². The molecule has 0 atom stereocenters. The molecule has 0 saturated carbocycles. The van der Waals surface area contributed by atoms with Crippen molar-refractivity contribution in [2.45, 2.75) is 6.92 Å². The molecule has 2 aromatic rings. The van der Waals surface area contributed by atoms with Gasteiger partial charge in [-0.3, -0.25) is 4.68 Å². The number of aromatic nitrogens is 2. The molecule has 0 spiro atoms. The lowest BCUT2D eigenvalue weighted by Gasteiger charge is -2.22. The lowest BCUT2D eigenvalue weighted by Crippen LogP contribution is -2.16. The molecule has 21 heavy (non-hydrogen) atoms. The SMILES string of the molecule is Cc1c2c(cc(Cl)c1-c1cc(C(=O)O)nn1C)OCCO2. The average Bonchev–Trinajstić information content (AvgIpc) is 2.81. The Morgan fingerprint density at radius 3 is 2.76 bits per heavy atom. The Bertz CT molecular complexity index is 739. The molecule has 0 unspecified atom stereocenters. The van der Waals surface area contributed by atoms with Crippen molar-refractivity contribution in [1.29, 1.82) is 0 Å². The van der Waals surface area contributed by atoms with Gasteiger partial charge in [0.1, 0.15) is 13.2 Å². The second-order valence-electron chi connectivity index (χ2n) is 4.73. The molecule has 0 bridgehead atoms. The average molecular weight is 309 g/mol. The van der Waals surface area contributed by atoms with Crippen LogP contribution in [0.4, 0.5) is 0 Å². The maximum atomic E-state index is 11.0. The molecular formula is C14H13ClN2O4. The molecule has 0 fully saturated rings. The van der Waals surface area contributed by atoms with E-state index in [1.807, 2.05) is 6.92 Å². The van der Waals surface area contributed by atoms with Crippen LogP contribution in [-0.4, -0.2) is 34.1 Å². The van der Waals surface area contributed by atoms with Crippen LogP contribution < -0.4 is 9.47 Å². The predicted octanol–water partition coefficient (Wildman–Crippen LogP) is 2.52. The summed E-state index contributed by atoms with van der Waals surface area (Å²) in [5, 5.41) is 13.5. The van der Waals surface area contributed by atoms with Crippen LogP contribution in [0, 0.1) is 6.92 Å². The molecule has 1 aliphatic heterocycles. The second kappa shape index (κ2) is 4.96. The number of hydrogen-bond acceptors (Lipinski definition) is 4. The van der Waals surface area contributed by atoms with Crippen molar-refractivity contribution in [3.63, 3.8) is 0 Å². The number of ether oxygens (including phenoxy) is 2. The first-order valence-corrected chi connectivity index (χ1v) is 6.73. The standard InChI is InChI=1S/C14H13ClN2O4/c1-7-12(10-6-9(14(18)19)16-17(10)2)8(15)5-11-13(7)21-4-3-20-11/h5-6H,3-4H2,1-2H3,(H,18,19). The zero-order chi connectivity index (χ0) is 15.1. The molecule has 1 N–H and O–H groups in total. The molecule has 0 saturated heterocycles. The maximum Gasteiger partial charge on any atom is 0.356 e. The van der Waals surface area contributed by atoms with Gasteiger partial charge in [0.2, 0.25) is 0 Å². The molecule has 1 aromatic heterocycles. The smallest absolute Gasteiger partial charge is 0.356 e. The third-order valence-corrected chi connectivity index (χ3v) is 3.68. The number of carbonyl (C=O) groups is 1. The van der Waals surface area contributed by atoms with Crippen molar-refractivity contribution in [2.75, 3.05) is 13.2 Å². The zero-order valence-corrected chi connectivity index (χ0v) is 12.3. The second-order valence-corrected chi connectivity index (χ2v) is 5.13. The third kappa shape index (κ3) is 2.21. The van der Waals surface area contributed by atoms with E-state index in [1.165, 1.54) is 10.7 Å². The molecule has 110 valence electrons. The first kappa shape index (κ1) is 13.8. The molecule has 0 amide bonds. The summed E-state index contributed by atoms with van der Waals surface area (Å²) in [4.78, 5) is 11.0. The number of nitrogens with zero attached hydrogens (tertiary/aromatic N) is 2. The number of aromatic carboxylic acids is 1. The highest BCUT2D eigenvalue weighted by Crippen LogP contribution is 2.43. The van der Waals surface area contributed by atoms with Crippen LogP contribution in [-0.2, 0) is 7.05 Å². The summed E-state index contributed by atoms with van der Waals surface area (Å²) in [6.45, 7) is 2.82. The van der Waals surface area contributed by atoms with Gasteiger partial charge in [0.05, 0.1) is 10.7 Å². The van der Waals surface area contributed by atoms with Crippen molar-refractivity contribution in [3.8, 4) is 22.8 Å². The Morgan fingerprint density at radius 1 is 1.38 bits per heavy atom. The first-order valence-electron chi connectivity index (χ1n) is 6.35. The number of aryl methyl sites for hydroxylation is 1. The first-order chi connectivity index (χ1) is 9.99. The lowest BCUT2D eigenvalue weighted by atomic mass is 10.0. The normalized spacial score (nSPS) is 13.3. The van der Waals surface area contributed by atoms with E-state index in [1.54, 1.807) is 13.1 Å². The van der Waals surface area contributed by atoms with E-state index in [-0.39, 0.29) is 5.69 Å². The number of fused-ring (bicyclic) bond motifs is 1. The van der Waals surface area contributed by atoms with Gasteiger partial charge >= 0.3 is 5.97 Å². The number of rotatable bonds is 2. The molecule has 2 heterocycles. The van der Waals surface area contributed by atoms with Gasteiger partial charge in [-0.05, 0) is 13.0 Å². The highest BCUT2D eigenvalue weighted by molar-refractivity contribution is 6.33. The van der Waals surface area contributed by atoms with E-state index < -0.39 is 5.97 Å². The fourth-order valence-corrected chi connectivity index (χ4v) is 2.77. The monoisotopic (exact) mass is 308 g/mol. The van der Waals surface area contributed by atoms with Crippen LogP contribution >= 0.6 is 11.6 Å². The van der Waals surface area contributed by atoms with Gasteiger partial charge in [0.15, 0.2) is 17.2 Å².